The highest BCUT2D eigenvalue weighted by Gasteiger charge is 2.47. The Morgan fingerprint density at radius 3 is 2.51 bits per heavy atom. The number of nitrogens with zero attached hydrogens (tertiary/aromatic N) is 1. The van der Waals surface area contributed by atoms with Crippen LogP contribution in [0, 0.1) is 13.8 Å². The van der Waals surface area contributed by atoms with Crippen LogP contribution in [0.4, 0.5) is 5.69 Å². The van der Waals surface area contributed by atoms with Crippen molar-refractivity contribution < 1.29 is 24.5 Å². The molecule has 0 saturated carbocycles. The third-order valence-electron chi connectivity index (χ3n) is 6.67. The Balaban J connectivity index is 1.71. The first-order valence-corrected chi connectivity index (χ1v) is 11.7. The van der Waals surface area contributed by atoms with Crippen LogP contribution in [0.15, 0.2) is 60.2 Å². The van der Waals surface area contributed by atoms with Crippen molar-refractivity contribution >= 4 is 34.7 Å². The van der Waals surface area contributed by atoms with Crippen LogP contribution in [0.2, 0.25) is 5.02 Å². The number of aliphatic hydroxyl groups excluding tert-OH is 1. The van der Waals surface area contributed by atoms with Gasteiger partial charge >= 0.3 is 0 Å². The molecule has 0 aliphatic carbocycles. The second-order valence-electron chi connectivity index (χ2n) is 9.10. The Morgan fingerprint density at radius 2 is 1.80 bits per heavy atom. The molecule has 1 fully saturated rings. The number of carbonyl (C=O) groups excluding carboxylic acids is 2. The predicted molar refractivity (Wildman–Crippen MR) is 134 cm³/mol. The minimum atomic E-state index is -0.932. The van der Waals surface area contributed by atoms with Crippen molar-refractivity contribution in [3.8, 4) is 11.5 Å². The van der Waals surface area contributed by atoms with E-state index >= 15 is 0 Å². The molecule has 35 heavy (non-hydrogen) atoms. The van der Waals surface area contributed by atoms with E-state index in [9.17, 15) is 19.8 Å². The summed E-state index contributed by atoms with van der Waals surface area (Å²) < 4.78 is 5.75. The van der Waals surface area contributed by atoms with E-state index < -0.39 is 17.7 Å². The Morgan fingerprint density at radius 1 is 1.03 bits per heavy atom. The second kappa shape index (κ2) is 8.47. The van der Waals surface area contributed by atoms with Crippen molar-refractivity contribution in [2.45, 2.75) is 39.3 Å². The first-order valence-electron chi connectivity index (χ1n) is 11.3. The van der Waals surface area contributed by atoms with E-state index in [0.29, 0.717) is 23.2 Å². The summed E-state index contributed by atoms with van der Waals surface area (Å²) in [5.41, 5.74) is 4.33. The molecule has 1 saturated heterocycles. The first kappa shape index (κ1) is 23.0. The van der Waals surface area contributed by atoms with Gasteiger partial charge in [0, 0.05) is 17.7 Å². The molecule has 3 aromatic carbocycles. The molecular weight excluding hydrogens is 466 g/mol. The SMILES string of the molecule is Cc1ccc(N2C(=O)C(=O)/C(=C(\O)c3ccc4c(c3)CC(C)O4)C2c2ccc(O)c(Cl)c2)cc1C. The molecule has 2 aliphatic rings. The normalized spacial score (nSPS) is 20.7. The van der Waals surface area contributed by atoms with Gasteiger partial charge in [-0.05, 0) is 85.5 Å². The molecule has 178 valence electrons. The number of aromatic hydroxyl groups is 1. The van der Waals surface area contributed by atoms with E-state index in [4.69, 9.17) is 16.3 Å². The van der Waals surface area contributed by atoms with E-state index in [1.807, 2.05) is 32.9 Å². The first-order chi connectivity index (χ1) is 16.7. The molecule has 2 unspecified atom stereocenters. The number of benzene rings is 3. The lowest BCUT2D eigenvalue weighted by atomic mass is 9.94. The lowest BCUT2D eigenvalue weighted by Crippen LogP contribution is -2.29. The molecule has 2 aliphatic heterocycles. The summed E-state index contributed by atoms with van der Waals surface area (Å²) in [4.78, 5) is 28.1. The summed E-state index contributed by atoms with van der Waals surface area (Å²) in [6.45, 7) is 5.85. The maximum absolute atomic E-state index is 13.4. The molecule has 1 amide bonds. The van der Waals surface area contributed by atoms with Gasteiger partial charge in [0.2, 0.25) is 0 Å². The predicted octanol–water partition coefficient (Wildman–Crippen LogP) is 5.61. The van der Waals surface area contributed by atoms with Gasteiger partial charge in [-0.2, -0.15) is 0 Å². The van der Waals surface area contributed by atoms with E-state index in [-0.39, 0.29) is 28.2 Å². The quantitative estimate of drug-likeness (QED) is 0.283. The molecule has 0 spiro atoms. The van der Waals surface area contributed by atoms with Gasteiger partial charge in [-0.15, -0.1) is 0 Å². The van der Waals surface area contributed by atoms with Crippen molar-refractivity contribution in [1.29, 1.82) is 0 Å². The van der Waals surface area contributed by atoms with Gasteiger partial charge < -0.3 is 14.9 Å². The van der Waals surface area contributed by atoms with Crippen LogP contribution in [0.5, 0.6) is 11.5 Å². The molecule has 7 heteroatoms. The summed E-state index contributed by atoms with van der Waals surface area (Å²) in [6, 6.07) is 14.3. The average molecular weight is 490 g/mol. The van der Waals surface area contributed by atoms with Crippen LogP contribution < -0.4 is 9.64 Å². The fourth-order valence-electron chi connectivity index (χ4n) is 4.71. The van der Waals surface area contributed by atoms with Gasteiger partial charge in [-0.3, -0.25) is 14.5 Å². The molecule has 2 N–H and O–H groups in total. The molecule has 0 radical (unpaired) electrons. The molecule has 3 aromatic rings. The number of hydrogen-bond donors (Lipinski definition) is 2. The maximum atomic E-state index is 13.4. The number of halogens is 1. The van der Waals surface area contributed by atoms with Crippen molar-refractivity contribution in [3.05, 3.63) is 93.0 Å². The van der Waals surface area contributed by atoms with Gasteiger partial charge in [0.1, 0.15) is 23.4 Å². The minimum absolute atomic E-state index is 0.0249. The Hall–Kier alpha value is -3.77. The van der Waals surface area contributed by atoms with Crippen molar-refractivity contribution in [3.63, 3.8) is 0 Å². The molecular formula is C28H24ClNO5. The zero-order valence-corrected chi connectivity index (χ0v) is 20.3. The molecule has 6 nitrogen and oxygen atoms in total. The number of phenols is 1. The second-order valence-corrected chi connectivity index (χ2v) is 9.51. The molecule has 5 rings (SSSR count). The van der Waals surface area contributed by atoms with Gasteiger partial charge in [0.15, 0.2) is 0 Å². The van der Waals surface area contributed by atoms with Crippen LogP contribution >= 0.6 is 11.6 Å². The molecule has 2 heterocycles. The van der Waals surface area contributed by atoms with E-state index in [1.54, 1.807) is 30.3 Å². The third kappa shape index (κ3) is 3.84. The van der Waals surface area contributed by atoms with Gasteiger partial charge in [0.05, 0.1) is 16.6 Å². The lowest BCUT2D eigenvalue weighted by Gasteiger charge is -2.26. The standard InChI is InChI=1S/C28H24ClNO5/c1-14-4-7-20(10-15(14)2)30-25(17-5-8-22(31)21(29)13-17)24(27(33)28(30)34)26(32)18-6-9-23-19(12-18)11-16(3)35-23/h4-10,12-13,16,25,31-32H,11H2,1-3H3/b26-24-. The van der Waals surface area contributed by atoms with E-state index in [2.05, 4.69) is 0 Å². The Labute approximate surface area is 208 Å². The van der Waals surface area contributed by atoms with Gasteiger partial charge in [0.25, 0.3) is 11.7 Å². The number of ketones is 1. The van der Waals surface area contributed by atoms with E-state index in [1.165, 1.54) is 17.0 Å². The average Bonchev–Trinajstić information content (AvgIpc) is 3.32. The summed E-state index contributed by atoms with van der Waals surface area (Å²) >= 11 is 6.20. The van der Waals surface area contributed by atoms with Gasteiger partial charge in [-0.1, -0.05) is 23.7 Å². The topological polar surface area (TPSA) is 87.1 Å². The number of phenolic OH excluding ortho intramolecular Hbond substituents is 1. The minimum Gasteiger partial charge on any atom is -0.507 e. The number of amides is 1. The number of aryl methyl sites for hydroxylation is 2. The van der Waals surface area contributed by atoms with Crippen molar-refractivity contribution in [2.24, 2.45) is 0 Å². The number of hydrogen-bond acceptors (Lipinski definition) is 5. The zero-order valence-electron chi connectivity index (χ0n) is 19.5. The van der Waals surface area contributed by atoms with Gasteiger partial charge in [-0.25, -0.2) is 0 Å². The number of Topliss-reactive ketones (excluding diaryl/α,β-unsaturated/α-hetero) is 1. The summed E-state index contributed by atoms with van der Waals surface area (Å²) in [6.07, 6.45) is 0.710. The number of rotatable bonds is 3. The summed E-state index contributed by atoms with van der Waals surface area (Å²) in [5.74, 6) is -1.19. The van der Waals surface area contributed by atoms with Crippen molar-refractivity contribution in [2.75, 3.05) is 4.90 Å². The highest BCUT2D eigenvalue weighted by atomic mass is 35.5. The van der Waals surface area contributed by atoms with Crippen LogP contribution in [0.1, 0.15) is 40.8 Å². The fraction of sp³-hybridized carbons (Fsp3) is 0.214. The molecule has 0 bridgehead atoms. The fourth-order valence-corrected chi connectivity index (χ4v) is 4.90. The molecule has 0 aromatic heterocycles. The van der Waals surface area contributed by atoms with Crippen LogP contribution in [0.3, 0.4) is 0 Å². The Kier molecular flexibility index (Phi) is 5.56. The number of fused-ring (bicyclic) bond motifs is 1. The Bertz CT molecular complexity index is 1430. The number of aliphatic hydroxyl groups is 1. The molecule has 2 atom stereocenters. The third-order valence-corrected chi connectivity index (χ3v) is 6.97. The largest absolute Gasteiger partial charge is 0.507 e. The van der Waals surface area contributed by atoms with Crippen LogP contribution in [0.25, 0.3) is 5.76 Å². The summed E-state index contributed by atoms with van der Waals surface area (Å²) in [7, 11) is 0. The van der Waals surface area contributed by atoms with Crippen molar-refractivity contribution in [1.82, 2.24) is 0 Å². The number of anilines is 1. The maximum Gasteiger partial charge on any atom is 0.300 e. The smallest absolute Gasteiger partial charge is 0.300 e. The lowest BCUT2D eigenvalue weighted by molar-refractivity contribution is -0.132. The zero-order chi connectivity index (χ0) is 25.0. The van der Waals surface area contributed by atoms with E-state index in [0.717, 1.165) is 22.4 Å². The van der Waals surface area contributed by atoms with Crippen LogP contribution in [-0.2, 0) is 16.0 Å². The highest BCUT2D eigenvalue weighted by Crippen LogP contribution is 2.44. The summed E-state index contributed by atoms with van der Waals surface area (Å²) in [5, 5.41) is 21.4. The number of carbonyl (C=O) groups is 2. The van der Waals surface area contributed by atoms with Crippen LogP contribution in [-0.4, -0.2) is 28.0 Å². The number of ether oxygens (including phenoxy) is 1. The monoisotopic (exact) mass is 489 g/mol. The highest BCUT2D eigenvalue weighted by molar-refractivity contribution is 6.51.